The molecular formula is C8H11NO4. The molecule has 0 fully saturated rings. The number of hydrogen-bond donors (Lipinski definition) is 1. The highest BCUT2D eigenvalue weighted by molar-refractivity contribution is 6.28. The molecule has 0 spiro atoms. The fraction of sp³-hybridized carbons (Fsp3) is 0.625. The van der Waals surface area contributed by atoms with Crippen LogP contribution in [-0.4, -0.2) is 23.1 Å². The van der Waals surface area contributed by atoms with E-state index in [-0.39, 0.29) is 6.42 Å². The first-order chi connectivity index (χ1) is 6.11. The third-order valence-electron chi connectivity index (χ3n) is 1.48. The van der Waals surface area contributed by atoms with Crippen LogP contribution >= 0.6 is 0 Å². The number of ether oxygens (including phenoxy) is 1. The molecule has 0 saturated heterocycles. The second-order valence-electron chi connectivity index (χ2n) is 2.44. The number of nitriles is 1. The second-order valence-corrected chi connectivity index (χ2v) is 2.44. The zero-order valence-electron chi connectivity index (χ0n) is 7.32. The third kappa shape index (κ3) is 4.80. The van der Waals surface area contributed by atoms with E-state index in [1.165, 1.54) is 0 Å². The van der Waals surface area contributed by atoms with Gasteiger partial charge in [0.1, 0.15) is 6.10 Å². The lowest BCUT2D eigenvalue weighted by Crippen LogP contribution is -2.23. The molecule has 1 N–H and O–H groups in total. The highest BCUT2D eigenvalue weighted by atomic mass is 16.6. The van der Waals surface area contributed by atoms with Crippen LogP contribution in [0.4, 0.5) is 0 Å². The highest BCUT2D eigenvalue weighted by Gasteiger charge is 2.18. The SMILES string of the molecule is CCC(CCC#N)OC(=O)C(=O)O. The van der Waals surface area contributed by atoms with Crippen LogP contribution < -0.4 is 0 Å². The smallest absolute Gasteiger partial charge is 0.417 e. The number of carboxylic acid groups (broad SMARTS) is 1. The first kappa shape index (κ1) is 11.4. The van der Waals surface area contributed by atoms with Crippen LogP contribution in [0.25, 0.3) is 0 Å². The van der Waals surface area contributed by atoms with Gasteiger partial charge in [-0.1, -0.05) is 6.92 Å². The van der Waals surface area contributed by atoms with E-state index < -0.39 is 18.0 Å². The van der Waals surface area contributed by atoms with Crippen molar-refractivity contribution < 1.29 is 19.4 Å². The van der Waals surface area contributed by atoms with Crippen molar-refractivity contribution in [3.05, 3.63) is 0 Å². The predicted molar refractivity (Wildman–Crippen MR) is 42.7 cm³/mol. The normalized spacial score (nSPS) is 11.4. The van der Waals surface area contributed by atoms with Gasteiger partial charge in [0.2, 0.25) is 0 Å². The number of nitrogens with zero attached hydrogens (tertiary/aromatic N) is 1. The summed E-state index contributed by atoms with van der Waals surface area (Å²) >= 11 is 0. The van der Waals surface area contributed by atoms with E-state index in [0.717, 1.165) is 0 Å². The molecule has 0 aromatic carbocycles. The molecule has 0 rings (SSSR count). The molecule has 0 aromatic heterocycles. The maximum Gasteiger partial charge on any atom is 0.417 e. The van der Waals surface area contributed by atoms with Crippen LogP contribution in [0.15, 0.2) is 0 Å². The van der Waals surface area contributed by atoms with Crippen molar-refractivity contribution in [2.45, 2.75) is 32.3 Å². The van der Waals surface area contributed by atoms with Gasteiger partial charge >= 0.3 is 11.9 Å². The summed E-state index contributed by atoms with van der Waals surface area (Å²) in [6.45, 7) is 1.76. The zero-order valence-corrected chi connectivity index (χ0v) is 7.32. The molecule has 0 aliphatic heterocycles. The average Bonchev–Trinajstić information content (AvgIpc) is 2.11. The molecule has 1 atom stereocenters. The van der Waals surface area contributed by atoms with E-state index in [2.05, 4.69) is 4.74 Å². The van der Waals surface area contributed by atoms with Crippen molar-refractivity contribution in [1.82, 2.24) is 0 Å². The van der Waals surface area contributed by atoms with E-state index in [4.69, 9.17) is 10.4 Å². The number of hydrogen-bond acceptors (Lipinski definition) is 4. The van der Waals surface area contributed by atoms with Crippen LogP contribution in [-0.2, 0) is 14.3 Å². The number of carboxylic acids is 1. The summed E-state index contributed by atoms with van der Waals surface area (Å²) in [6, 6.07) is 1.90. The van der Waals surface area contributed by atoms with Crippen LogP contribution in [0.1, 0.15) is 26.2 Å². The van der Waals surface area contributed by atoms with Crippen LogP contribution in [0.3, 0.4) is 0 Å². The van der Waals surface area contributed by atoms with E-state index in [0.29, 0.717) is 12.8 Å². The minimum absolute atomic E-state index is 0.255. The van der Waals surface area contributed by atoms with E-state index >= 15 is 0 Å². The fourth-order valence-electron chi connectivity index (χ4n) is 0.774. The molecule has 0 aromatic rings. The maximum absolute atomic E-state index is 10.6. The molecular weight excluding hydrogens is 174 g/mol. The lowest BCUT2D eigenvalue weighted by Gasteiger charge is -2.12. The van der Waals surface area contributed by atoms with Gasteiger partial charge in [-0.2, -0.15) is 5.26 Å². The molecule has 0 radical (unpaired) electrons. The Balaban J connectivity index is 3.91. The van der Waals surface area contributed by atoms with Gasteiger partial charge in [0, 0.05) is 6.42 Å². The molecule has 5 heteroatoms. The molecule has 0 heterocycles. The maximum atomic E-state index is 10.6. The lowest BCUT2D eigenvalue weighted by molar-refractivity contribution is -0.167. The standard InChI is InChI=1S/C8H11NO4/c1-2-6(4-3-5-9)13-8(12)7(10)11/h6H,2-4H2,1H3,(H,10,11). The summed E-state index contributed by atoms with van der Waals surface area (Å²) in [5.74, 6) is -2.86. The highest BCUT2D eigenvalue weighted by Crippen LogP contribution is 2.06. The molecule has 0 bridgehead atoms. The Bertz CT molecular complexity index is 231. The zero-order chi connectivity index (χ0) is 10.3. The number of carbonyl (C=O) groups excluding carboxylic acids is 1. The summed E-state index contributed by atoms with van der Waals surface area (Å²) in [6.07, 6.45) is 0.682. The van der Waals surface area contributed by atoms with Gasteiger partial charge in [0.05, 0.1) is 6.07 Å². The van der Waals surface area contributed by atoms with Crippen molar-refractivity contribution in [3.63, 3.8) is 0 Å². The first-order valence-electron chi connectivity index (χ1n) is 3.92. The third-order valence-corrected chi connectivity index (χ3v) is 1.48. The first-order valence-corrected chi connectivity index (χ1v) is 3.92. The number of carbonyl (C=O) groups is 2. The van der Waals surface area contributed by atoms with Gasteiger partial charge in [-0.15, -0.1) is 0 Å². The van der Waals surface area contributed by atoms with Crippen molar-refractivity contribution in [3.8, 4) is 6.07 Å². The topological polar surface area (TPSA) is 87.4 Å². The van der Waals surface area contributed by atoms with Crippen LogP contribution in [0, 0.1) is 11.3 Å². The molecule has 13 heavy (non-hydrogen) atoms. The quantitative estimate of drug-likeness (QED) is 0.514. The Morgan fingerprint density at radius 2 is 2.23 bits per heavy atom. The second kappa shape index (κ2) is 6.00. The van der Waals surface area contributed by atoms with Gasteiger partial charge in [0.15, 0.2) is 0 Å². The van der Waals surface area contributed by atoms with E-state index in [1.807, 2.05) is 6.07 Å². The molecule has 0 saturated carbocycles. The molecule has 0 aliphatic carbocycles. The fourth-order valence-corrected chi connectivity index (χ4v) is 0.774. The van der Waals surface area contributed by atoms with Crippen LogP contribution in [0.2, 0.25) is 0 Å². The molecule has 0 amide bonds. The van der Waals surface area contributed by atoms with Crippen LogP contribution in [0.5, 0.6) is 0 Å². The largest absolute Gasteiger partial charge is 0.473 e. The Labute approximate surface area is 75.9 Å². The summed E-state index contributed by atoms with van der Waals surface area (Å²) in [5, 5.41) is 16.5. The lowest BCUT2D eigenvalue weighted by atomic mass is 10.1. The van der Waals surface area contributed by atoms with Crippen molar-refractivity contribution in [2.75, 3.05) is 0 Å². The monoisotopic (exact) mass is 185 g/mol. The van der Waals surface area contributed by atoms with Crippen molar-refractivity contribution in [1.29, 1.82) is 5.26 Å². The molecule has 1 unspecified atom stereocenters. The average molecular weight is 185 g/mol. The molecule has 5 nitrogen and oxygen atoms in total. The van der Waals surface area contributed by atoms with Crippen molar-refractivity contribution >= 4 is 11.9 Å². The van der Waals surface area contributed by atoms with Gasteiger partial charge in [-0.05, 0) is 12.8 Å². The minimum Gasteiger partial charge on any atom is -0.473 e. The van der Waals surface area contributed by atoms with Gasteiger partial charge in [-0.25, -0.2) is 9.59 Å². The molecule has 72 valence electrons. The number of esters is 1. The Morgan fingerprint density at radius 3 is 2.62 bits per heavy atom. The molecule has 0 aliphatic rings. The van der Waals surface area contributed by atoms with Crippen molar-refractivity contribution in [2.24, 2.45) is 0 Å². The summed E-state index contributed by atoms with van der Waals surface area (Å²) in [7, 11) is 0. The van der Waals surface area contributed by atoms with E-state index in [9.17, 15) is 9.59 Å². The van der Waals surface area contributed by atoms with Gasteiger partial charge in [0.25, 0.3) is 0 Å². The Hall–Kier alpha value is -1.57. The minimum atomic E-state index is -1.60. The Kier molecular flexibility index (Phi) is 5.28. The Morgan fingerprint density at radius 1 is 1.62 bits per heavy atom. The predicted octanol–water partition coefficient (Wildman–Crippen LogP) is 0.697. The van der Waals surface area contributed by atoms with Gasteiger partial charge in [-0.3, -0.25) is 0 Å². The number of rotatable bonds is 4. The summed E-state index contributed by atoms with van der Waals surface area (Å²) in [4.78, 5) is 20.7. The van der Waals surface area contributed by atoms with Gasteiger partial charge < -0.3 is 9.84 Å². The number of aliphatic carboxylic acids is 1. The summed E-state index contributed by atoms with van der Waals surface area (Å²) < 4.78 is 4.57. The summed E-state index contributed by atoms with van der Waals surface area (Å²) in [5.41, 5.74) is 0. The van der Waals surface area contributed by atoms with E-state index in [1.54, 1.807) is 6.92 Å².